The first-order valence-corrected chi connectivity index (χ1v) is 34.7. The van der Waals surface area contributed by atoms with Crippen LogP contribution in [-0.4, -0.2) is 0 Å². The normalized spacial score (nSPS) is 10.7. The van der Waals surface area contributed by atoms with Crippen molar-refractivity contribution in [1.29, 1.82) is 0 Å². The maximum atomic E-state index is 3.65. The molecule has 0 aliphatic carbocycles. The number of fused-ring (bicyclic) bond motifs is 8. The van der Waals surface area contributed by atoms with Gasteiger partial charge < -0.3 is 21.3 Å². The molecule has 4 nitrogen and oxygen atoms in total. The van der Waals surface area contributed by atoms with E-state index < -0.39 is 0 Å². The lowest BCUT2D eigenvalue weighted by atomic mass is 9.94. The number of hydrogen-bond acceptors (Lipinski definition) is 4. The zero-order chi connectivity index (χ0) is 68.5. The largest absolute Gasteiger partial charge is 0.356 e. The average molecular weight is 1310 g/mol. The van der Waals surface area contributed by atoms with Gasteiger partial charge in [0.25, 0.3) is 0 Å². The van der Waals surface area contributed by atoms with Crippen LogP contribution in [0.3, 0.4) is 0 Å². The van der Waals surface area contributed by atoms with E-state index in [0.29, 0.717) is 0 Å². The minimum absolute atomic E-state index is 1.09. The van der Waals surface area contributed by atoms with E-state index in [0.717, 1.165) is 45.5 Å². The van der Waals surface area contributed by atoms with E-state index in [2.05, 4.69) is 416 Å². The molecule has 102 heavy (non-hydrogen) atoms. The third-order valence-corrected chi connectivity index (χ3v) is 18.3. The van der Waals surface area contributed by atoms with E-state index in [9.17, 15) is 0 Å². The summed E-state index contributed by atoms with van der Waals surface area (Å²) < 4.78 is 0. The van der Waals surface area contributed by atoms with Crippen molar-refractivity contribution in [2.75, 3.05) is 21.3 Å². The second-order valence-corrected chi connectivity index (χ2v) is 25.2. The quantitative estimate of drug-likeness (QED) is 0.0869. The van der Waals surface area contributed by atoms with Gasteiger partial charge in [0.15, 0.2) is 0 Å². The van der Waals surface area contributed by atoms with Gasteiger partial charge in [-0.2, -0.15) is 0 Å². The lowest BCUT2D eigenvalue weighted by Crippen LogP contribution is -1.92. The Morgan fingerprint density at radius 1 is 0.118 bits per heavy atom. The Morgan fingerprint density at radius 3 is 0.843 bits per heavy atom. The minimum atomic E-state index is 1.09. The second kappa shape index (κ2) is 31.3. The van der Waals surface area contributed by atoms with Crippen LogP contribution in [0.4, 0.5) is 45.5 Å². The lowest BCUT2D eigenvalue weighted by Gasteiger charge is -2.14. The van der Waals surface area contributed by atoms with E-state index in [1.807, 2.05) is 30.3 Å². The molecule has 486 valence electrons. The van der Waals surface area contributed by atoms with Crippen molar-refractivity contribution in [3.05, 3.63) is 425 Å². The summed E-state index contributed by atoms with van der Waals surface area (Å²) in [6, 6.07) is 149. The Balaban J connectivity index is 0.000000110. The molecule has 0 radical (unpaired) electrons. The van der Waals surface area contributed by atoms with Crippen molar-refractivity contribution in [2.45, 2.75) is 0 Å². The summed E-state index contributed by atoms with van der Waals surface area (Å²) in [5, 5.41) is 26.9. The van der Waals surface area contributed by atoms with Gasteiger partial charge in [-0.05, 0) is 195 Å². The first-order chi connectivity index (χ1) is 50.5. The van der Waals surface area contributed by atoms with Crippen molar-refractivity contribution in [3.8, 4) is 55.6 Å². The highest BCUT2D eigenvalue weighted by Crippen LogP contribution is 2.38. The monoisotopic (exact) mass is 1310 g/mol. The third-order valence-electron chi connectivity index (χ3n) is 18.3. The van der Waals surface area contributed by atoms with E-state index in [-0.39, 0.29) is 0 Å². The molecule has 0 atom stereocenters. The van der Waals surface area contributed by atoms with Crippen LogP contribution in [0.25, 0.3) is 109 Å². The second-order valence-electron chi connectivity index (χ2n) is 25.2. The smallest absolute Gasteiger partial charge is 0.0463 e. The molecule has 18 aromatic rings. The molecular formula is C98H74N4. The molecular weight excluding hydrogens is 1230 g/mol. The van der Waals surface area contributed by atoms with Crippen LogP contribution in [0, 0.1) is 0 Å². The predicted molar refractivity (Wildman–Crippen MR) is 439 cm³/mol. The van der Waals surface area contributed by atoms with Crippen LogP contribution in [-0.2, 0) is 0 Å². The van der Waals surface area contributed by atoms with Crippen LogP contribution in [0.5, 0.6) is 0 Å². The highest BCUT2D eigenvalue weighted by atomic mass is 14.9. The molecule has 4 N–H and O–H groups in total. The molecule has 0 spiro atoms. The Bertz CT molecular complexity index is 5650. The predicted octanol–water partition coefficient (Wildman–Crippen LogP) is 27.8. The molecule has 0 heterocycles. The van der Waals surface area contributed by atoms with E-state index in [1.165, 1.54) is 109 Å². The maximum Gasteiger partial charge on any atom is 0.0463 e. The first kappa shape index (κ1) is 64.5. The summed E-state index contributed by atoms with van der Waals surface area (Å²) >= 11 is 0. The number of anilines is 8. The van der Waals surface area contributed by atoms with Crippen LogP contribution in [0.1, 0.15) is 0 Å². The van der Waals surface area contributed by atoms with Gasteiger partial charge >= 0.3 is 0 Å². The van der Waals surface area contributed by atoms with Gasteiger partial charge in [0.1, 0.15) is 0 Å². The molecule has 4 heteroatoms. The van der Waals surface area contributed by atoms with Gasteiger partial charge in [0.2, 0.25) is 0 Å². The molecule has 0 saturated carbocycles. The number of hydrogen-bond donors (Lipinski definition) is 4. The van der Waals surface area contributed by atoms with Crippen molar-refractivity contribution in [1.82, 2.24) is 0 Å². The lowest BCUT2D eigenvalue weighted by molar-refractivity contribution is 1.53. The van der Waals surface area contributed by atoms with Gasteiger partial charge in [-0.25, -0.2) is 0 Å². The summed E-state index contributed by atoms with van der Waals surface area (Å²) in [5.74, 6) is 0. The van der Waals surface area contributed by atoms with Crippen LogP contribution < -0.4 is 21.3 Å². The fourth-order valence-electron chi connectivity index (χ4n) is 13.2. The SMILES string of the molecule is c1ccc(-c2ccc(Nc3ccc(-c4ccccc4)cc3)cc2)cc1.c1ccc(-c2ccc(Nc3cccc(-c4ccccc4)c3)cc2)cc1.c1ccc(-c2cccc(Nc3ccc4ccccc4c3)c2)cc1.c1ccc2c(Nc3ccc4c5ccccc5c5ccccc5c4c3)cccc2c1. The minimum Gasteiger partial charge on any atom is -0.356 e. The van der Waals surface area contributed by atoms with Crippen LogP contribution in [0.15, 0.2) is 425 Å². The van der Waals surface area contributed by atoms with Gasteiger partial charge in [-0.3, -0.25) is 0 Å². The van der Waals surface area contributed by atoms with Crippen LogP contribution in [0.2, 0.25) is 0 Å². The molecule has 0 bridgehead atoms. The molecule has 0 saturated heterocycles. The summed E-state index contributed by atoms with van der Waals surface area (Å²) in [6.07, 6.45) is 0. The number of rotatable bonds is 13. The van der Waals surface area contributed by atoms with E-state index >= 15 is 0 Å². The van der Waals surface area contributed by atoms with Crippen molar-refractivity contribution < 1.29 is 0 Å². The highest BCUT2D eigenvalue weighted by Gasteiger charge is 2.11. The van der Waals surface area contributed by atoms with Crippen molar-refractivity contribution >= 4 is 99.4 Å². The van der Waals surface area contributed by atoms with Gasteiger partial charge in [-0.15, -0.1) is 0 Å². The Hall–Kier alpha value is -13.5. The third kappa shape index (κ3) is 15.7. The molecule has 0 fully saturated rings. The van der Waals surface area contributed by atoms with Crippen molar-refractivity contribution in [3.63, 3.8) is 0 Å². The zero-order valence-electron chi connectivity index (χ0n) is 56.4. The molecule has 0 aromatic heterocycles. The zero-order valence-corrected chi connectivity index (χ0v) is 56.4. The van der Waals surface area contributed by atoms with Gasteiger partial charge in [-0.1, -0.05) is 334 Å². The topological polar surface area (TPSA) is 48.1 Å². The average Bonchev–Trinajstić information content (AvgIpc) is 0.744. The maximum absolute atomic E-state index is 3.65. The highest BCUT2D eigenvalue weighted by molar-refractivity contribution is 6.25. The van der Waals surface area contributed by atoms with Gasteiger partial charge in [0.05, 0.1) is 0 Å². The van der Waals surface area contributed by atoms with Crippen molar-refractivity contribution in [2.24, 2.45) is 0 Å². The first-order valence-electron chi connectivity index (χ1n) is 34.7. The molecule has 0 amide bonds. The standard InChI is InChI=1S/C28H19N.2C24H19N.C22H17N/c1-2-10-21-19(8-1)9-7-15-28(21)29-20-16-17-26-24-13-4-3-11-22(24)23-12-5-6-14-25(23)27(26)18-20;1-3-8-19(9-4-1)21-14-16-23(17-15-21)25-24-13-7-12-22(18-24)20-10-5-2-6-11-20;1-3-7-19(8-4-1)21-11-15-23(16-12-21)25-24-17-13-22(14-18-24)20-9-5-2-6-10-20;1-2-7-17(8-3-1)20-11-6-12-21(15-20)23-22-14-13-18-9-4-5-10-19(18)16-22/h1-18,29H;2*1-18,25H;1-16,23H. The Labute approximate surface area is 597 Å². The van der Waals surface area contributed by atoms with E-state index in [1.54, 1.807) is 0 Å². The Kier molecular flexibility index (Phi) is 19.8. The summed E-state index contributed by atoms with van der Waals surface area (Å²) in [5.41, 5.74) is 21.1. The number of benzene rings is 18. The fourth-order valence-corrected chi connectivity index (χ4v) is 13.2. The molecule has 0 unspecified atom stereocenters. The molecule has 18 rings (SSSR count). The summed E-state index contributed by atoms with van der Waals surface area (Å²) in [7, 11) is 0. The molecule has 0 aliphatic rings. The Morgan fingerprint density at radius 2 is 0.392 bits per heavy atom. The summed E-state index contributed by atoms with van der Waals surface area (Å²) in [6.45, 7) is 0. The molecule has 18 aromatic carbocycles. The van der Waals surface area contributed by atoms with E-state index in [4.69, 9.17) is 0 Å². The fraction of sp³-hybridized carbons (Fsp3) is 0. The van der Waals surface area contributed by atoms with Crippen LogP contribution >= 0.6 is 0 Å². The molecule has 0 aliphatic heterocycles. The van der Waals surface area contributed by atoms with Gasteiger partial charge in [0, 0.05) is 50.9 Å². The number of nitrogens with one attached hydrogen (secondary N) is 4. The summed E-state index contributed by atoms with van der Waals surface area (Å²) in [4.78, 5) is 0.